The summed E-state index contributed by atoms with van der Waals surface area (Å²) in [5.41, 5.74) is 0.276. The van der Waals surface area contributed by atoms with Gasteiger partial charge in [0, 0.05) is 37.6 Å². The molecule has 2 unspecified atom stereocenters. The zero-order valence-corrected chi connectivity index (χ0v) is 17.6. The Hall–Kier alpha value is -1.18. The molecule has 0 aliphatic carbocycles. The van der Waals surface area contributed by atoms with Crippen LogP contribution in [0.2, 0.25) is 0 Å². The summed E-state index contributed by atoms with van der Waals surface area (Å²) in [5, 5.41) is 2.95. The van der Waals surface area contributed by atoms with Gasteiger partial charge in [-0.15, -0.1) is 0 Å². The molecule has 3 aliphatic rings. The molecule has 0 aromatic heterocycles. The molecule has 3 heterocycles. The molecule has 3 aliphatic heterocycles. The van der Waals surface area contributed by atoms with Crippen molar-refractivity contribution >= 4 is 11.8 Å². The van der Waals surface area contributed by atoms with Crippen molar-refractivity contribution in [3.8, 4) is 0 Å². The number of piperidine rings is 1. The molecular formula is C21H36N2O5. The van der Waals surface area contributed by atoms with E-state index in [4.69, 9.17) is 14.2 Å². The molecular weight excluding hydrogens is 360 g/mol. The first-order chi connectivity index (χ1) is 13.4. The van der Waals surface area contributed by atoms with Crippen LogP contribution < -0.4 is 5.32 Å². The molecule has 160 valence electrons. The maximum absolute atomic E-state index is 13.2. The van der Waals surface area contributed by atoms with Crippen molar-refractivity contribution in [2.24, 2.45) is 17.3 Å². The minimum absolute atomic E-state index is 0.0245. The van der Waals surface area contributed by atoms with Crippen LogP contribution in [0, 0.1) is 17.3 Å². The number of hydrogen-bond donors (Lipinski definition) is 1. The number of carbonyl (C=O) groups is 2. The van der Waals surface area contributed by atoms with Crippen molar-refractivity contribution in [1.29, 1.82) is 0 Å². The van der Waals surface area contributed by atoms with Crippen LogP contribution in [0.3, 0.4) is 0 Å². The summed E-state index contributed by atoms with van der Waals surface area (Å²) in [6.07, 6.45) is 3.56. The van der Waals surface area contributed by atoms with Gasteiger partial charge in [-0.25, -0.2) is 0 Å². The van der Waals surface area contributed by atoms with Crippen LogP contribution in [0.1, 0.15) is 46.5 Å². The second-order valence-electron chi connectivity index (χ2n) is 9.05. The monoisotopic (exact) mass is 396 g/mol. The van der Waals surface area contributed by atoms with Gasteiger partial charge in [-0.1, -0.05) is 13.8 Å². The molecule has 3 rings (SSSR count). The van der Waals surface area contributed by atoms with Crippen LogP contribution in [0.25, 0.3) is 0 Å². The van der Waals surface area contributed by atoms with Crippen molar-refractivity contribution in [3.63, 3.8) is 0 Å². The van der Waals surface area contributed by atoms with Crippen LogP contribution in [-0.4, -0.2) is 75.0 Å². The fourth-order valence-corrected chi connectivity index (χ4v) is 4.07. The molecule has 0 bridgehead atoms. The Balaban J connectivity index is 1.58. The Morgan fingerprint density at radius 3 is 2.29 bits per heavy atom. The number of nitrogens with zero attached hydrogens (tertiary/aromatic N) is 1. The number of hydrogen-bond acceptors (Lipinski definition) is 5. The third kappa shape index (κ3) is 5.24. The topological polar surface area (TPSA) is 77.1 Å². The van der Waals surface area contributed by atoms with Gasteiger partial charge in [0.2, 0.25) is 11.8 Å². The van der Waals surface area contributed by atoms with Crippen LogP contribution >= 0.6 is 0 Å². The quantitative estimate of drug-likeness (QED) is 0.707. The Labute approximate surface area is 168 Å². The summed E-state index contributed by atoms with van der Waals surface area (Å²) >= 11 is 0. The van der Waals surface area contributed by atoms with Gasteiger partial charge in [0.1, 0.15) is 6.04 Å². The van der Waals surface area contributed by atoms with Crippen molar-refractivity contribution in [2.45, 2.75) is 58.6 Å². The Kier molecular flexibility index (Phi) is 7.34. The number of ether oxygens (including phenoxy) is 3. The van der Waals surface area contributed by atoms with Crippen molar-refractivity contribution < 1.29 is 23.8 Å². The molecule has 3 fully saturated rings. The minimum Gasteiger partial charge on any atom is -0.381 e. The molecule has 0 radical (unpaired) electrons. The molecule has 3 saturated heterocycles. The first-order valence-corrected chi connectivity index (χ1v) is 10.8. The number of likely N-dealkylation sites (tertiary alicyclic amines) is 1. The standard InChI is InChI=1S/C21H36N2O5/c1-15(2)19(24)22-18(16(3)28-12-17-4-10-26-11-5-17)20(25)23-8-6-21(7-9-23)13-27-14-21/h15-18H,4-14H2,1-3H3,(H,22,24). The number of amides is 2. The molecule has 28 heavy (non-hydrogen) atoms. The maximum atomic E-state index is 13.2. The van der Waals surface area contributed by atoms with Crippen LogP contribution in [0.15, 0.2) is 0 Å². The number of nitrogens with one attached hydrogen (secondary N) is 1. The van der Waals surface area contributed by atoms with Crippen molar-refractivity contribution in [2.75, 3.05) is 46.1 Å². The van der Waals surface area contributed by atoms with Gasteiger partial charge in [0.05, 0.1) is 25.9 Å². The highest BCUT2D eigenvalue weighted by atomic mass is 16.5. The molecule has 2 atom stereocenters. The van der Waals surface area contributed by atoms with Gasteiger partial charge in [0.15, 0.2) is 0 Å². The van der Waals surface area contributed by atoms with E-state index in [0.717, 1.165) is 65.2 Å². The second kappa shape index (κ2) is 9.55. The predicted molar refractivity (Wildman–Crippen MR) is 105 cm³/mol. The van der Waals surface area contributed by atoms with E-state index >= 15 is 0 Å². The predicted octanol–water partition coefficient (Wildman–Crippen LogP) is 1.60. The largest absolute Gasteiger partial charge is 0.381 e. The highest BCUT2D eigenvalue weighted by Gasteiger charge is 2.43. The average molecular weight is 397 g/mol. The summed E-state index contributed by atoms with van der Waals surface area (Å²) < 4.78 is 16.8. The Morgan fingerprint density at radius 1 is 1.11 bits per heavy atom. The van der Waals surface area contributed by atoms with E-state index in [1.54, 1.807) is 0 Å². The van der Waals surface area contributed by atoms with Crippen molar-refractivity contribution in [3.05, 3.63) is 0 Å². The van der Waals surface area contributed by atoms with E-state index in [-0.39, 0.29) is 29.3 Å². The first-order valence-electron chi connectivity index (χ1n) is 10.8. The highest BCUT2D eigenvalue weighted by Crippen LogP contribution is 2.38. The van der Waals surface area contributed by atoms with Gasteiger partial charge >= 0.3 is 0 Å². The lowest BCUT2D eigenvalue weighted by Crippen LogP contribution is -2.59. The van der Waals surface area contributed by atoms with Gasteiger partial charge < -0.3 is 24.4 Å². The van der Waals surface area contributed by atoms with E-state index in [1.165, 1.54) is 0 Å². The van der Waals surface area contributed by atoms with E-state index in [2.05, 4.69) is 5.32 Å². The van der Waals surface area contributed by atoms with E-state index < -0.39 is 6.04 Å². The van der Waals surface area contributed by atoms with E-state index in [1.807, 2.05) is 25.7 Å². The molecule has 1 spiro atoms. The van der Waals surface area contributed by atoms with Gasteiger partial charge in [0.25, 0.3) is 0 Å². The lowest BCUT2D eigenvalue weighted by Gasteiger charge is -2.47. The average Bonchev–Trinajstić information content (AvgIpc) is 2.69. The van der Waals surface area contributed by atoms with Crippen LogP contribution in [0.5, 0.6) is 0 Å². The SMILES string of the molecule is CC(C)C(=O)NC(C(=O)N1CCC2(CC1)COC2)C(C)OCC1CCOCC1. The highest BCUT2D eigenvalue weighted by molar-refractivity contribution is 5.88. The smallest absolute Gasteiger partial charge is 0.247 e. The second-order valence-corrected chi connectivity index (χ2v) is 9.05. The van der Waals surface area contributed by atoms with Crippen LogP contribution in [0.4, 0.5) is 0 Å². The van der Waals surface area contributed by atoms with Crippen molar-refractivity contribution in [1.82, 2.24) is 10.2 Å². The Bertz CT molecular complexity index is 533. The van der Waals surface area contributed by atoms with Gasteiger partial charge in [-0.3, -0.25) is 9.59 Å². The van der Waals surface area contributed by atoms with Gasteiger partial charge in [-0.2, -0.15) is 0 Å². The summed E-state index contributed by atoms with van der Waals surface area (Å²) in [7, 11) is 0. The third-order valence-corrected chi connectivity index (χ3v) is 6.45. The first kappa shape index (κ1) is 21.5. The molecule has 0 aromatic carbocycles. The Morgan fingerprint density at radius 2 is 1.75 bits per heavy atom. The summed E-state index contributed by atoms with van der Waals surface area (Å²) in [4.78, 5) is 27.5. The fourth-order valence-electron chi connectivity index (χ4n) is 4.07. The van der Waals surface area contributed by atoms with E-state index in [0.29, 0.717) is 12.5 Å². The lowest BCUT2D eigenvalue weighted by molar-refractivity contribution is -0.158. The normalized spacial score (nSPS) is 24.6. The molecule has 1 N–H and O–H groups in total. The maximum Gasteiger partial charge on any atom is 0.247 e. The summed E-state index contributed by atoms with van der Waals surface area (Å²) in [6.45, 7) is 10.8. The minimum atomic E-state index is -0.638. The number of rotatable bonds is 7. The third-order valence-electron chi connectivity index (χ3n) is 6.45. The zero-order chi connectivity index (χ0) is 20.1. The lowest BCUT2D eigenvalue weighted by atomic mass is 9.76. The fraction of sp³-hybridized carbons (Fsp3) is 0.905. The summed E-state index contributed by atoms with van der Waals surface area (Å²) in [5.74, 6) is 0.153. The zero-order valence-electron chi connectivity index (χ0n) is 17.6. The number of carbonyl (C=O) groups excluding carboxylic acids is 2. The van der Waals surface area contributed by atoms with Crippen LogP contribution in [-0.2, 0) is 23.8 Å². The molecule has 0 aromatic rings. The molecule has 7 nitrogen and oxygen atoms in total. The van der Waals surface area contributed by atoms with E-state index in [9.17, 15) is 9.59 Å². The summed E-state index contributed by atoms with van der Waals surface area (Å²) in [6, 6.07) is -0.638. The molecule has 2 amide bonds. The molecule has 0 saturated carbocycles. The van der Waals surface area contributed by atoms with Gasteiger partial charge in [-0.05, 0) is 38.5 Å². The molecule has 7 heteroatoms.